The predicted octanol–water partition coefficient (Wildman–Crippen LogP) is -0.327. The third-order valence-corrected chi connectivity index (χ3v) is 3.61. The van der Waals surface area contributed by atoms with E-state index in [0.29, 0.717) is 0 Å². The van der Waals surface area contributed by atoms with E-state index >= 15 is 0 Å². The monoisotopic (exact) mass is 386 g/mol. The van der Waals surface area contributed by atoms with Gasteiger partial charge in [0.15, 0.2) is 0 Å². The maximum Gasteiger partial charge on any atom is 0.0662 e. The lowest BCUT2D eigenvalue weighted by atomic mass is 11.0. The molecule has 0 aliphatic rings. The lowest BCUT2D eigenvalue weighted by Gasteiger charge is -2.36. The molecule has 110 valence electrons. The second-order valence-corrected chi connectivity index (χ2v) is 6.22. The summed E-state index contributed by atoms with van der Waals surface area (Å²) >= 11 is 15.6. The van der Waals surface area contributed by atoms with Crippen LogP contribution in [0.3, 0.4) is 0 Å². The smallest absolute Gasteiger partial charge is 0.0662 e. The number of rotatable bonds is 3. The molecule has 11 heteroatoms. The number of hydrogen-bond acceptors (Lipinski definition) is 4. The molecule has 0 saturated heterocycles. The number of hydrogen-bond donors (Lipinski definition) is 0. The standard InChI is InChI=1S/3C2H6ClP.H3O4P/c3*3-1-2-4;1-5(2,3)4/h3*1-2,4H2;(H3,1,2,3,4). The molecule has 3 atom stereocenters. The fraction of sp³-hybridized carbons (Fsp3) is 1.00. The van der Waals surface area contributed by atoms with Gasteiger partial charge in [-0.15, -0.1) is 34.8 Å². The summed E-state index contributed by atoms with van der Waals surface area (Å²) in [5, 5.41) is 0. The molecule has 0 aromatic carbocycles. The first-order valence-electron chi connectivity index (χ1n) is 4.53. The van der Waals surface area contributed by atoms with Gasteiger partial charge in [0.25, 0.3) is 0 Å². The number of alkyl halides is 3. The van der Waals surface area contributed by atoms with Crippen molar-refractivity contribution in [3.63, 3.8) is 0 Å². The Labute approximate surface area is 125 Å². The minimum absolute atomic E-state index is 0.804. The summed E-state index contributed by atoms with van der Waals surface area (Å²) in [7, 11) is 0.282. The van der Waals surface area contributed by atoms with Gasteiger partial charge in [0.1, 0.15) is 0 Å². The third kappa shape index (κ3) is 174. The molecule has 0 bridgehead atoms. The molecule has 3 unspecified atom stereocenters. The van der Waals surface area contributed by atoms with E-state index < -0.39 is 7.82 Å². The average molecular weight is 387 g/mol. The second-order valence-electron chi connectivity index (χ2n) is 2.07. The fourth-order valence-electron chi connectivity index (χ4n) is 0. The van der Waals surface area contributed by atoms with E-state index in [9.17, 15) is 0 Å². The molecule has 0 saturated carbocycles. The summed E-state index contributed by atoms with van der Waals surface area (Å²) < 4.78 is 8.55. The van der Waals surface area contributed by atoms with Crippen LogP contribution in [0.1, 0.15) is 0 Å². The van der Waals surface area contributed by atoms with Crippen LogP contribution in [0.2, 0.25) is 0 Å². The van der Waals surface area contributed by atoms with Gasteiger partial charge < -0.3 is 19.2 Å². The van der Waals surface area contributed by atoms with E-state index in [4.69, 9.17) is 54.0 Å². The fourth-order valence-corrected chi connectivity index (χ4v) is 0. The molecule has 0 N–H and O–H groups in total. The van der Waals surface area contributed by atoms with Gasteiger partial charge in [0.05, 0.1) is 36.1 Å². The van der Waals surface area contributed by atoms with Crippen molar-refractivity contribution < 1.29 is 19.2 Å². The van der Waals surface area contributed by atoms with E-state index in [1.807, 2.05) is 27.7 Å². The maximum atomic E-state index is 8.55. The Balaban J connectivity index is -0.0000000667. The molecule has 0 aliphatic heterocycles. The van der Waals surface area contributed by atoms with Crippen molar-refractivity contribution >= 4 is 70.3 Å². The maximum absolute atomic E-state index is 8.55. The van der Waals surface area contributed by atoms with Crippen molar-refractivity contribution in [3.05, 3.63) is 0 Å². The van der Waals surface area contributed by atoms with Crippen molar-refractivity contribution in [1.82, 2.24) is 0 Å². The second kappa shape index (κ2) is 26.8. The van der Waals surface area contributed by atoms with Crippen LogP contribution < -0.4 is 14.7 Å². The first-order valence-corrected chi connectivity index (χ1v) is 10.6. The lowest BCUT2D eigenvalue weighted by molar-refractivity contribution is -0.432. The Kier molecular flexibility index (Phi) is 43.4. The first kappa shape index (κ1) is 27.6. The SMILES string of the molecule is O=P([O-])([O-])[O-].[PH3+]CCCl.[PH3+]CCCl.[PH3+]CCCl. The van der Waals surface area contributed by atoms with E-state index in [1.165, 1.54) is 0 Å². The zero-order valence-corrected chi connectivity index (χ0v) is 17.0. The molecule has 4 nitrogen and oxygen atoms in total. The van der Waals surface area contributed by atoms with Crippen molar-refractivity contribution in [2.75, 3.05) is 36.1 Å². The highest BCUT2D eigenvalue weighted by molar-refractivity contribution is 7.40. The summed E-state index contributed by atoms with van der Waals surface area (Å²) in [5.74, 6) is 2.41. The Hall–Kier alpha value is 2.27. The molecule has 0 amide bonds. The van der Waals surface area contributed by atoms with Gasteiger partial charge in [-0.2, -0.15) is 7.82 Å². The largest absolute Gasteiger partial charge is 0.822 e. The zero-order chi connectivity index (χ0) is 14.7. The zero-order valence-electron chi connectivity index (χ0n) is 9.58. The van der Waals surface area contributed by atoms with Crippen LogP contribution in [-0.2, 0) is 4.57 Å². The molecular weight excluding hydrogens is 366 g/mol. The van der Waals surface area contributed by atoms with E-state index in [1.54, 1.807) is 0 Å². The van der Waals surface area contributed by atoms with Crippen LogP contribution in [-0.4, -0.2) is 36.1 Å². The van der Waals surface area contributed by atoms with Gasteiger partial charge in [-0.3, -0.25) is 0 Å². The Morgan fingerprint density at radius 2 is 0.824 bits per heavy atom. The van der Waals surface area contributed by atoms with Gasteiger partial charge in [-0.25, -0.2) is 0 Å². The van der Waals surface area contributed by atoms with E-state index in [2.05, 4.69) is 0 Å². The molecule has 0 fully saturated rings. The van der Waals surface area contributed by atoms with Gasteiger partial charge in [0, 0.05) is 0 Å². The summed E-state index contributed by atoms with van der Waals surface area (Å²) in [4.78, 5) is 25.6. The summed E-state index contributed by atoms with van der Waals surface area (Å²) in [6, 6.07) is 0. The molecular formula is C6H21Cl3O4P4. The molecule has 0 aromatic rings. The quantitative estimate of drug-likeness (QED) is 0.490. The molecule has 0 aromatic heterocycles. The minimum atomic E-state index is -5.39. The highest BCUT2D eigenvalue weighted by Gasteiger charge is 1.65. The van der Waals surface area contributed by atoms with Crippen LogP contribution in [0.5, 0.6) is 0 Å². The van der Waals surface area contributed by atoms with Crippen molar-refractivity contribution in [2.24, 2.45) is 0 Å². The Morgan fingerprint density at radius 3 is 0.824 bits per heavy atom. The average Bonchev–Trinajstić information content (AvgIpc) is 2.27. The van der Waals surface area contributed by atoms with Crippen LogP contribution in [0.4, 0.5) is 0 Å². The van der Waals surface area contributed by atoms with Crippen LogP contribution in [0.15, 0.2) is 0 Å². The van der Waals surface area contributed by atoms with Crippen LogP contribution in [0, 0.1) is 0 Å². The molecule has 0 aliphatic carbocycles. The Bertz CT molecular complexity index is 125. The molecule has 0 heterocycles. The lowest BCUT2D eigenvalue weighted by Crippen LogP contribution is -2.24. The van der Waals surface area contributed by atoms with Crippen molar-refractivity contribution in [1.29, 1.82) is 0 Å². The number of phosphoric acid groups is 1. The predicted molar refractivity (Wildman–Crippen MR) is 87.7 cm³/mol. The third-order valence-electron chi connectivity index (χ3n) is 0.401. The van der Waals surface area contributed by atoms with Gasteiger partial charge in [0.2, 0.25) is 0 Å². The van der Waals surface area contributed by atoms with Crippen molar-refractivity contribution in [3.8, 4) is 0 Å². The Morgan fingerprint density at radius 1 is 0.765 bits per heavy atom. The van der Waals surface area contributed by atoms with Gasteiger partial charge >= 0.3 is 0 Å². The highest BCUT2D eigenvalue weighted by Crippen LogP contribution is 2.03. The summed E-state index contributed by atoms with van der Waals surface area (Å²) in [5.41, 5.74) is 0. The summed E-state index contributed by atoms with van der Waals surface area (Å²) in [6.07, 6.45) is 3.34. The minimum Gasteiger partial charge on any atom is -0.822 e. The van der Waals surface area contributed by atoms with Gasteiger partial charge in [-0.1, -0.05) is 0 Å². The highest BCUT2D eigenvalue weighted by atomic mass is 35.5. The van der Waals surface area contributed by atoms with Crippen molar-refractivity contribution in [2.45, 2.75) is 0 Å². The molecule has 0 rings (SSSR count). The van der Waals surface area contributed by atoms with Crippen LogP contribution in [0.25, 0.3) is 0 Å². The van der Waals surface area contributed by atoms with Gasteiger partial charge in [-0.05, 0) is 27.7 Å². The van der Waals surface area contributed by atoms with Crippen LogP contribution >= 0.6 is 70.3 Å². The summed E-state index contributed by atoms with van der Waals surface area (Å²) in [6.45, 7) is 0. The molecule has 17 heavy (non-hydrogen) atoms. The first-order chi connectivity index (χ1) is 7.74. The van der Waals surface area contributed by atoms with E-state index in [0.717, 1.165) is 36.1 Å². The molecule has 0 radical (unpaired) electrons. The van der Waals surface area contributed by atoms with E-state index in [-0.39, 0.29) is 0 Å². The topological polar surface area (TPSA) is 86.2 Å². The molecule has 0 spiro atoms. The number of halogens is 3. The normalized spacial score (nSPS) is 9.29.